The van der Waals surface area contributed by atoms with Crippen LogP contribution in [0.2, 0.25) is 0 Å². The van der Waals surface area contributed by atoms with Gasteiger partial charge in [0.05, 0.1) is 11.4 Å². The van der Waals surface area contributed by atoms with Crippen LogP contribution in [-0.4, -0.2) is 9.97 Å². The maximum absolute atomic E-state index is 5.09. The lowest BCUT2D eigenvalue weighted by Crippen LogP contribution is -2.15. The second-order valence-corrected chi connectivity index (χ2v) is 15.0. The lowest BCUT2D eigenvalue weighted by atomic mass is 9.79. The Morgan fingerprint density at radius 2 is 0.855 bits per heavy atom. The van der Waals surface area contributed by atoms with Crippen LogP contribution >= 0.6 is 0 Å². The SMILES string of the molecule is CC1(C)c2ccccc2-c2c(-c3cccc(-c4cccc(-c5cccc(-c6cc(-c7ccccc7)nc(-c7ccccc7)n6)c5)c4)c3)cc3ccccc3c21. The lowest BCUT2D eigenvalue weighted by Gasteiger charge is -2.24. The van der Waals surface area contributed by atoms with E-state index in [2.05, 4.69) is 184 Å². The molecule has 0 fully saturated rings. The Bertz CT molecular complexity index is 2830. The summed E-state index contributed by atoms with van der Waals surface area (Å²) in [7, 11) is 0. The van der Waals surface area contributed by atoms with Crippen molar-refractivity contribution in [1.29, 1.82) is 0 Å². The minimum absolute atomic E-state index is 0.0972. The van der Waals surface area contributed by atoms with E-state index in [0.29, 0.717) is 5.82 Å². The van der Waals surface area contributed by atoms with E-state index in [1.807, 2.05) is 24.3 Å². The number of fused-ring (bicyclic) bond motifs is 5. The van der Waals surface area contributed by atoms with Crippen LogP contribution in [0.15, 0.2) is 194 Å². The molecule has 0 N–H and O–H groups in total. The topological polar surface area (TPSA) is 25.8 Å². The van der Waals surface area contributed by atoms with Crippen LogP contribution in [0.3, 0.4) is 0 Å². The minimum Gasteiger partial charge on any atom is -0.228 e. The Hall–Kier alpha value is -6.90. The average molecular weight is 703 g/mol. The third-order valence-electron chi connectivity index (χ3n) is 11.2. The second kappa shape index (κ2) is 13.2. The minimum atomic E-state index is -0.0972. The van der Waals surface area contributed by atoms with Crippen molar-refractivity contribution < 1.29 is 0 Å². The van der Waals surface area contributed by atoms with E-state index in [1.165, 1.54) is 55.3 Å². The number of hydrogen-bond acceptors (Lipinski definition) is 2. The molecule has 9 aromatic rings. The van der Waals surface area contributed by atoms with Gasteiger partial charge in [-0.3, -0.25) is 0 Å². The van der Waals surface area contributed by atoms with Crippen LogP contribution in [0, 0.1) is 0 Å². The predicted molar refractivity (Wildman–Crippen MR) is 230 cm³/mol. The molecule has 0 aliphatic heterocycles. The molecule has 0 saturated carbocycles. The molecule has 0 amide bonds. The summed E-state index contributed by atoms with van der Waals surface area (Å²) >= 11 is 0. The molecule has 1 aromatic heterocycles. The van der Waals surface area contributed by atoms with E-state index >= 15 is 0 Å². The van der Waals surface area contributed by atoms with Crippen LogP contribution in [0.4, 0.5) is 0 Å². The molecule has 2 nitrogen and oxygen atoms in total. The summed E-state index contributed by atoms with van der Waals surface area (Å²) in [6.45, 7) is 4.75. The van der Waals surface area contributed by atoms with Gasteiger partial charge in [-0.25, -0.2) is 9.97 Å². The smallest absolute Gasteiger partial charge is 0.160 e. The Morgan fingerprint density at radius 1 is 0.364 bits per heavy atom. The summed E-state index contributed by atoms with van der Waals surface area (Å²) in [6.07, 6.45) is 0. The van der Waals surface area contributed by atoms with Gasteiger partial charge in [-0.1, -0.05) is 178 Å². The monoisotopic (exact) mass is 702 g/mol. The first kappa shape index (κ1) is 32.7. The fourth-order valence-corrected chi connectivity index (χ4v) is 8.56. The highest BCUT2D eigenvalue weighted by atomic mass is 14.9. The van der Waals surface area contributed by atoms with Gasteiger partial charge in [0, 0.05) is 22.1 Å². The molecule has 0 unspecified atom stereocenters. The third-order valence-corrected chi connectivity index (χ3v) is 11.2. The van der Waals surface area contributed by atoms with E-state index in [4.69, 9.17) is 9.97 Å². The van der Waals surface area contributed by atoms with E-state index in [9.17, 15) is 0 Å². The summed E-state index contributed by atoms with van der Waals surface area (Å²) in [5.41, 5.74) is 17.5. The molecule has 0 bridgehead atoms. The number of nitrogens with zero attached hydrogens (tertiary/aromatic N) is 2. The van der Waals surface area contributed by atoms with E-state index in [-0.39, 0.29) is 5.41 Å². The van der Waals surface area contributed by atoms with Crippen molar-refractivity contribution in [2.75, 3.05) is 0 Å². The first-order valence-electron chi connectivity index (χ1n) is 19.0. The molecule has 1 aliphatic carbocycles. The molecule has 1 heterocycles. The van der Waals surface area contributed by atoms with Crippen molar-refractivity contribution in [3.05, 3.63) is 205 Å². The molecule has 55 heavy (non-hydrogen) atoms. The molecule has 0 atom stereocenters. The molecule has 1 aliphatic rings. The van der Waals surface area contributed by atoms with E-state index in [1.54, 1.807) is 0 Å². The van der Waals surface area contributed by atoms with Crippen molar-refractivity contribution in [3.63, 3.8) is 0 Å². The van der Waals surface area contributed by atoms with E-state index < -0.39 is 0 Å². The first-order valence-corrected chi connectivity index (χ1v) is 19.0. The number of hydrogen-bond donors (Lipinski definition) is 0. The largest absolute Gasteiger partial charge is 0.228 e. The Morgan fingerprint density at radius 3 is 1.55 bits per heavy atom. The standard InChI is InChI=1S/C53H38N2/c1-53(2)47-29-12-11-28-45(47)50-46(33-42-20-9-10-27-44(42)51(50)53)41-25-14-23-39(31-41)37-21-13-22-38(30-37)40-24-15-26-43(32-40)49-34-48(35-16-5-3-6-17-35)54-52(55-49)36-18-7-4-8-19-36/h3-34H,1-2H3. The van der Waals surface area contributed by atoms with Crippen LogP contribution in [0.1, 0.15) is 25.0 Å². The molecule has 0 spiro atoms. The molecule has 0 saturated heterocycles. The maximum atomic E-state index is 5.09. The number of aromatic nitrogens is 2. The predicted octanol–water partition coefficient (Wildman–Crippen LogP) is 13.9. The Labute approximate surface area is 322 Å². The Balaban J connectivity index is 1.05. The van der Waals surface area contributed by atoms with Crippen LogP contribution < -0.4 is 0 Å². The van der Waals surface area contributed by atoms with E-state index in [0.717, 1.165) is 39.2 Å². The zero-order valence-corrected chi connectivity index (χ0v) is 30.9. The highest BCUT2D eigenvalue weighted by molar-refractivity contribution is 6.05. The molecule has 10 rings (SSSR count). The summed E-state index contributed by atoms with van der Waals surface area (Å²) in [5.74, 6) is 0.716. The van der Waals surface area contributed by atoms with Crippen molar-refractivity contribution in [2.24, 2.45) is 0 Å². The fourth-order valence-electron chi connectivity index (χ4n) is 8.56. The van der Waals surface area contributed by atoms with Crippen LogP contribution in [0.5, 0.6) is 0 Å². The summed E-state index contributed by atoms with van der Waals surface area (Å²) in [5, 5.41) is 2.61. The normalized spacial score (nSPS) is 12.7. The molecule has 8 aromatic carbocycles. The fraction of sp³-hybridized carbons (Fsp3) is 0.0566. The van der Waals surface area contributed by atoms with Gasteiger partial charge in [-0.15, -0.1) is 0 Å². The molecule has 260 valence electrons. The van der Waals surface area contributed by atoms with Gasteiger partial charge in [-0.2, -0.15) is 0 Å². The molecular weight excluding hydrogens is 665 g/mol. The van der Waals surface area contributed by atoms with Crippen molar-refractivity contribution in [1.82, 2.24) is 9.97 Å². The van der Waals surface area contributed by atoms with Gasteiger partial charge in [0.2, 0.25) is 0 Å². The van der Waals surface area contributed by atoms with Crippen LogP contribution in [0.25, 0.3) is 89.2 Å². The molecule has 0 radical (unpaired) electrons. The summed E-state index contributed by atoms with van der Waals surface area (Å²) in [4.78, 5) is 10.1. The lowest BCUT2D eigenvalue weighted by molar-refractivity contribution is 0.666. The first-order chi connectivity index (χ1) is 27.0. The number of rotatable bonds is 6. The second-order valence-electron chi connectivity index (χ2n) is 15.0. The number of benzene rings is 8. The van der Waals surface area contributed by atoms with Gasteiger partial charge in [-0.05, 0) is 96.7 Å². The molecule has 2 heteroatoms. The average Bonchev–Trinajstić information content (AvgIpc) is 3.50. The highest BCUT2D eigenvalue weighted by Gasteiger charge is 2.38. The highest BCUT2D eigenvalue weighted by Crippen LogP contribution is 2.55. The third kappa shape index (κ3) is 5.75. The van der Waals surface area contributed by atoms with Crippen molar-refractivity contribution in [3.8, 4) is 78.4 Å². The van der Waals surface area contributed by atoms with Gasteiger partial charge >= 0.3 is 0 Å². The Kier molecular flexibility index (Phi) is 7.85. The quantitative estimate of drug-likeness (QED) is 0.172. The summed E-state index contributed by atoms with van der Waals surface area (Å²) in [6, 6.07) is 69.6. The van der Waals surface area contributed by atoms with Gasteiger partial charge in [0.1, 0.15) is 0 Å². The maximum Gasteiger partial charge on any atom is 0.160 e. The summed E-state index contributed by atoms with van der Waals surface area (Å²) < 4.78 is 0. The molecular formula is C53H38N2. The van der Waals surface area contributed by atoms with Crippen molar-refractivity contribution in [2.45, 2.75) is 19.3 Å². The van der Waals surface area contributed by atoms with Crippen LogP contribution in [-0.2, 0) is 5.41 Å². The van der Waals surface area contributed by atoms with Gasteiger partial charge in [0.25, 0.3) is 0 Å². The zero-order valence-electron chi connectivity index (χ0n) is 30.9. The van der Waals surface area contributed by atoms with Gasteiger partial charge in [0.15, 0.2) is 5.82 Å². The zero-order chi connectivity index (χ0) is 36.9. The van der Waals surface area contributed by atoms with Gasteiger partial charge < -0.3 is 0 Å². The van der Waals surface area contributed by atoms with Crippen molar-refractivity contribution >= 4 is 10.8 Å².